The second-order valence-electron chi connectivity index (χ2n) is 4.34. The molecule has 0 N–H and O–H groups in total. The minimum Gasteiger partial charge on any atom is -0.465 e. The van der Waals surface area contributed by atoms with Crippen molar-refractivity contribution in [3.63, 3.8) is 0 Å². The Morgan fingerprint density at radius 1 is 1.12 bits per heavy atom. The molecule has 1 atom stereocenters. The van der Waals surface area contributed by atoms with Gasteiger partial charge in [-0.25, -0.2) is 0 Å². The van der Waals surface area contributed by atoms with E-state index in [0.29, 0.717) is 13.0 Å². The average molecular weight is 239 g/mol. The molecule has 0 saturated carbocycles. The van der Waals surface area contributed by atoms with Crippen molar-refractivity contribution in [1.29, 1.82) is 5.26 Å². The molecule has 0 spiro atoms. The number of nitriles is 1. The van der Waals surface area contributed by atoms with E-state index in [2.05, 4.69) is 6.92 Å². The number of carbonyl (C=O) groups is 1. The molecule has 3 nitrogen and oxygen atoms in total. The molecule has 0 radical (unpaired) electrons. The van der Waals surface area contributed by atoms with Crippen LogP contribution in [0.5, 0.6) is 0 Å². The summed E-state index contributed by atoms with van der Waals surface area (Å²) < 4.78 is 4.84. The topological polar surface area (TPSA) is 50.1 Å². The monoisotopic (exact) mass is 239 g/mol. The van der Waals surface area contributed by atoms with Gasteiger partial charge in [0.1, 0.15) is 5.92 Å². The molecule has 0 aliphatic carbocycles. The average Bonchev–Trinajstić information content (AvgIpc) is 2.33. The summed E-state index contributed by atoms with van der Waals surface area (Å²) in [7, 11) is 0. The quantitative estimate of drug-likeness (QED) is 0.430. The lowest BCUT2D eigenvalue weighted by Crippen LogP contribution is -2.16. The SMILES string of the molecule is CCCCCCCCCC(C#N)C(=O)OCC. The Hall–Kier alpha value is -1.04. The Balaban J connectivity index is 3.51. The second-order valence-corrected chi connectivity index (χ2v) is 4.34. The number of ether oxygens (including phenoxy) is 1. The summed E-state index contributed by atoms with van der Waals surface area (Å²) in [6.45, 7) is 4.32. The van der Waals surface area contributed by atoms with Crippen LogP contribution in [-0.2, 0) is 9.53 Å². The molecule has 0 aliphatic rings. The lowest BCUT2D eigenvalue weighted by Gasteiger charge is -2.07. The van der Waals surface area contributed by atoms with Crippen molar-refractivity contribution in [1.82, 2.24) is 0 Å². The van der Waals surface area contributed by atoms with Crippen LogP contribution in [-0.4, -0.2) is 12.6 Å². The smallest absolute Gasteiger partial charge is 0.323 e. The molecular formula is C14H25NO2. The number of rotatable bonds is 10. The largest absolute Gasteiger partial charge is 0.465 e. The number of hydrogen-bond donors (Lipinski definition) is 0. The summed E-state index contributed by atoms with van der Waals surface area (Å²) in [6, 6.07) is 2.02. The highest BCUT2D eigenvalue weighted by Crippen LogP contribution is 2.13. The van der Waals surface area contributed by atoms with Crippen LogP contribution in [0.15, 0.2) is 0 Å². The van der Waals surface area contributed by atoms with E-state index in [4.69, 9.17) is 10.00 Å². The van der Waals surface area contributed by atoms with Crippen LogP contribution < -0.4 is 0 Å². The summed E-state index contributed by atoms with van der Waals surface area (Å²) in [4.78, 5) is 11.3. The Morgan fingerprint density at radius 3 is 2.24 bits per heavy atom. The van der Waals surface area contributed by atoms with Gasteiger partial charge in [0.05, 0.1) is 12.7 Å². The molecule has 3 heteroatoms. The molecule has 0 fully saturated rings. The van der Waals surface area contributed by atoms with Crippen LogP contribution in [0.4, 0.5) is 0 Å². The maximum Gasteiger partial charge on any atom is 0.323 e. The highest BCUT2D eigenvalue weighted by Gasteiger charge is 2.17. The third kappa shape index (κ3) is 8.74. The first kappa shape index (κ1) is 16.0. The van der Waals surface area contributed by atoms with Gasteiger partial charge in [0.15, 0.2) is 0 Å². The van der Waals surface area contributed by atoms with Gasteiger partial charge >= 0.3 is 5.97 Å². The van der Waals surface area contributed by atoms with E-state index >= 15 is 0 Å². The van der Waals surface area contributed by atoms with E-state index in [-0.39, 0.29) is 5.97 Å². The number of hydrogen-bond acceptors (Lipinski definition) is 3. The molecule has 0 aromatic rings. The van der Waals surface area contributed by atoms with Crippen LogP contribution in [0, 0.1) is 17.2 Å². The molecule has 17 heavy (non-hydrogen) atoms. The molecule has 0 saturated heterocycles. The fraction of sp³-hybridized carbons (Fsp3) is 0.857. The first-order valence-electron chi connectivity index (χ1n) is 6.82. The van der Waals surface area contributed by atoms with Gasteiger partial charge in [-0.2, -0.15) is 5.26 Å². The maximum absolute atomic E-state index is 11.3. The third-order valence-corrected chi connectivity index (χ3v) is 2.82. The van der Waals surface area contributed by atoms with E-state index < -0.39 is 5.92 Å². The van der Waals surface area contributed by atoms with E-state index in [1.807, 2.05) is 6.07 Å². The molecule has 0 aliphatic heterocycles. The van der Waals surface area contributed by atoms with Gasteiger partial charge in [0.2, 0.25) is 0 Å². The zero-order valence-electron chi connectivity index (χ0n) is 11.2. The van der Waals surface area contributed by atoms with Gasteiger partial charge < -0.3 is 4.74 Å². The summed E-state index contributed by atoms with van der Waals surface area (Å²) in [5.41, 5.74) is 0. The van der Waals surface area contributed by atoms with E-state index in [9.17, 15) is 4.79 Å². The molecule has 98 valence electrons. The molecular weight excluding hydrogens is 214 g/mol. The predicted octanol–water partition coefficient (Wildman–Crippen LogP) is 3.83. The van der Waals surface area contributed by atoms with Crippen LogP contribution in [0.2, 0.25) is 0 Å². The first-order chi connectivity index (χ1) is 8.26. The number of esters is 1. The predicted molar refractivity (Wildman–Crippen MR) is 68.3 cm³/mol. The molecule has 1 unspecified atom stereocenters. The van der Waals surface area contributed by atoms with Crippen molar-refractivity contribution in [2.45, 2.75) is 65.2 Å². The Bertz CT molecular complexity index is 233. The zero-order valence-corrected chi connectivity index (χ0v) is 11.2. The number of unbranched alkanes of at least 4 members (excludes halogenated alkanes) is 6. The maximum atomic E-state index is 11.3. The van der Waals surface area contributed by atoms with Gasteiger partial charge in [0.25, 0.3) is 0 Å². The molecule has 0 bridgehead atoms. The van der Waals surface area contributed by atoms with Crippen molar-refractivity contribution in [2.24, 2.45) is 5.92 Å². The van der Waals surface area contributed by atoms with Gasteiger partial charge in [0, 0.05) is 0 Å². The Morgan fingerprint density at radius 2 is 1.71 bits per heavy atom. The zero-order chi connectivity index (χ0) is 12.9. The van der Waals surface area contributed by atoms with Crippen molar-refractivity contribution >= 4 is 5.97 Å². The summed E-state index contributed by atoms with van der Waals surface area (Å²) in [5.74, 6) is -0.924. The summed E-state index contributed by atoms with van der Waals surface area (Å²) in [6.07, 6.45) is 9.05. The van der Waals surface area contributed by atoms with Crippen LogP contribution >= 0.6 is 0 Å². The number of nitrogens with zero attached hydrogens (tertiary/aromatic N) is 1. The molecule has 0 amide bonds. The lowest BCUT2D eigenvalue weighted by atomic mass is 10.0. The Kier molecular flexibility index (Phi) is 10.7. The van der Waals surface area contributed by atoms with Crippen molar-refractivity contribution in [3.8, 4) is 6.07 Å². The summed E-state index contributed by atoms with van der Waals surface area (Å²) >= 11 is 0. The van der Waals surface area contributed by atoms with Gasteiger partial charge in [-0.3, -0.25) is 4.79 Å². The molecule has 0 rings (SSSR count). The third-order valence-electron chi connectivity index (χ3n) is 2.82. The second kappa shape index (κ2) is 11.4. The van der Waals surface area contributed by atoms with Crippen molar-refractivity contribution < 1.29 is 9.53 Å². The van der Waals surface area contributed by atoms with E-state index in [0.717, 1.165) is 12.8 Å². The molecule has 0 aromatic heterocycles. The van der Waals surface area contributed by atoms with Crippen LogP contribution in [0.3, 0.4) is 0 Å². The van der Waals surface area contributed by atoms with Gasteiger partial charge in [-0.15, -0.1) is 0 Å². The van der Waals surface area contributed by atoms with Gasteiger partial charge in [-0.1, -0.05) is 51.9 Å². The fourth-order valence-corrected chi connectivity index (χ4v) is 1.78. The standard InChI is InChI=1S/C14H25NO2/c1-3-5-6-7-8-9-10-11-13(12-15)14(16)17-4-2/h13H,3-11H2,1-2H3. The summed E-state index contributed by atoms with van der Waals surface area (Å²) in [5, 5.41) is 8.84. The van der Waals surface area contributed by atoms with E-state index in [1.165, 1.54) is 32.1 Å². The normalized spacial score (nSPS) is 11.8. The first-order valence-corrected chi connectivity index (χ1v) is 6.82. The highest BCUT2D eigenvalue weighted by molar-refractivity contribution is 5.75. The lowest BCUT2D eigenvalue weighted by molar-refractivity contribution is -0.146. The minimum absolute atomic E-state index is 0.355. The van der Waals surface area contributed by atoms with Crippen LogP contribution in [0.1, 0.15) is 65.2 Å². The van der Waals surface area contributed by atoms with E-state index in [1.54, 1.807) is 6.92 Å². The van der Waals surface area contributed by atoms with Crippen LogP contribution in [0.25, 0.3) is 0 Å². The highest BCUT2D eigenvalue weighted by atomic mass is 16.5. The molecule has 0 aromatic carbocycles. The molecule has 0 heterocycles. The Labute approximate surface area is 105 Å². The van der Waals surface area contributed by atoms with Crippen molar-refractivity contribution in [2.75, 3.05) is 6.61 Å². The van der Waals surface area contributed by atoms with Crippen molar-refractivity contribution in [3.05, 3.63) is 0 Å². The number of carbonyl (C=O) groups excluding carboxylic acids is 1. The fourth-order valence-electron chi connectivity index (χ4n) is 1.78. The van der Waals surface area contributed by atoms with Gasteiger partial charge in [-0.05, 0) is 13.3 Å². The minimum atomic E-state index is -0.564.